The zero-order chi connectivity index (χ0) is 6.97. The van der Waals surface area contributed by atoms with E-state index in [0.29, 0.717) is 6.04 Å². The number of benzene rings is 1. The van der Waals surface area contributed by atoms with Crippen molar-refractivity contribution in [2.45, 2.75) is 6.04 Å². The molecule has 1 atom stereocenters. The van der Waals surface area contributed by atoms with Crippen LogP contribution in [0, 0.1) is 0 Å². The monoisotopic (exact) mass is 153 g/mol. The molecule has 1 aliphatic rings. The maximum Gasteiger partial charge on any atom is 0.0447 e. The standard InChI is InChI=1S/C8H8ClN/c9-7-3-1-6(2-4-7)8-5-10-8/h1-4,8,10H,5H2/t8-/m0/s1. The van der Waals surface area contributed by atoms with Gasteiger partial charge in [-0.1, -0.05) is 23.7 Å². The van der Waals surface area contributed by atoms with Crippen LogP contribution in [0.4, 0.5) is 0 Å². The van der Waals surface area contributed by atoms with E-state index in [0.717, 1.165) is 11.6 Å². The topological polar surface area (TPSA) is 21.9 Å². The van der Waals surface area contributed by atoms with E-state index in [1.165, 1.54) is 5.56 Å². The lowest BCUT2D eigenvalue weighted by molar-refractivity contribution is 1.08. The fourth-order valence-electron chi connectivity index (χ4n) is 0.990. The highest BCUT2D eigenvalue weighted by Gasteiger charge is 2.21. The molecule has 0 spiro atoms. The van der Waals surface area contributed by atoms with Gasteiger partial charge in [-0.3, -0.25) is 0 Å². The van der Waals surface area contributed by atoms with E-state index in [-0.39, 0.29) is 0 Å². The van der Waals surface area contributed by atoms with Gasteiger partial charge in [-0.25, -0.2) is 0 Å². The average Bonchev–Trinajstić information content (AvgIpc) is 2.71. The van der Waals surface area contributed by atoms with E-state index in [9.17, 15) is 0 Å². The number of rotatable bonds is 1. The Morgan fingerprint density at radius 2 is 1.90 bits per heavy atom. The van der Waals surface area contributed by atoms with E-state index in [4.69, 9.17) is 11.6 Å². The summed E-state index contributed by atoms with van der Waals surface area (Å²) in [6.07, 6.45) is 0. The lowest BCUT2D eigenvalue weighted by Gasteiger charge is -1.94. The van der Waals surface area contributed by atoms with Gasteiger partial charge in [-0.05, 0) is 17.7 Å². The minimum atomic E-state index is 0.595. The maximum atomic E-state index is 5.72. The molecular formula is C8H8ClN. The van der Waals surface area contributed by atoms with Crippen molar-refractivity contribution in [3.05, 3.63) is 34.9 Å². The first-order chi connectivity index (χ1) is 4.86. The van der Waals surface area contributed by atoms with Crippen molar-refractivity contribution in [1.29, 1.82) is 0 Å². The predicted octanol–water partition coefficient (Wildman–Crippen LogP) is 1.98. The first-order valence-electron chi connectivity index (χ1n) is 3.35. The lowest BCUT2D eigenvalue weighted by Crippen LogP contribution is -1.81. The molecule has 1 aromatic rings. The smallest absolute Gasteiger partial charge is 0.0447 e. The van der Waals surface area contributed by atoms with Crippen LogP contribution in [0.15, 0.2) is 24.3 Å². The molecule has 10 heavy (non-hydrogen) atoms. The Kier molecular flexibility index (Phi) is 1.40. The molecule has 0 unspecified atom stereocenters. The summed E-state index contributed by atoms with van der Waals surface area (Å²) in [6, 6.07) is 8.57. The maximum absolute atomic E-state index is 5.72. The van der Waals surface area contributed by atoms with Gasteiger partial charge in [0.1, 0.15) is 0 Å². The Hall–Kier alpha value is -0.530. The fraction of sp³-hybridized carbons (Fsp3) is 0.250. The van der Waals surface area contributed by atoms with Crippen molar-refractivity contribution >= 4 is 11.6 Å². The van der Waals surface area contributed by atoms with Crippen LogP contribution < -0.4 is 5.32 Å². The highest BCUT2D eigenvalue weighted by molar-refractivity contribution is 6.30. The third-order valence-corrected chi connectivity index (χ3v) is 1.93. The third-order valence-electron chi connectivity index (χ3n) is 1.68. The van der Waals surface area contributed by atoms with E-state index >= 15 is 0 Å². The summed E-state index contributed by atoms with van der Waals surface area (Å²) in [7, 11) is 0. The molecule has 1 saturated heterocycles. The molecule has 1 nitrogen and oxygen atoms in total. The molecule has 0 bridgehead atoms. The van der Waals surface area contributed by atoms with Gasteiger partial charge in [-0.2, -0.15) is 0 Å². The van der Waals surface area contributed by atoms with E-state index < -0.39 is 0 Å². The van der Waals surface area contributed by atoms with Gasteiger partial charge in [0, 0.05) is 17.6 Å². The van der Waals surface area contributed by atoms with Crippen molar-refractivity contribution in [1.82, 2.24) is 5.32 Å². The van der Waals surface area contributed by atoms with Gasteiger partial charge >= 0.3 is 0 Å². The Balaban J connectivity index is 2.28. The van der Waals surface area contributed by atoms with Crippen molar-refractivity contribution in [3.63, 3.8) is 0 Å². The van der Waals surface area contributed by atoms with Gasteiger partial charge in [-0.15, -0.1) is 0 Å². The summed E-state index contributed by atoms with van der Waals surface area (Å²) in [5.41, 5.74) is 1.34. The van der Waals surface area contributed by atoms with Crippen LogP contribution >= 0.6 is 11.6 Å². The lowest BCUT2D eigenvalue weighted by atomic mass is 10.2. The molecule has 0 aromatic heterocycles. The Morgan fingerprint density at radius 1 is 1.30 bits per heavy atom. The van der Waals surface area contributed by atoms with Gasteiger partial charge < -0.3 is 5.32 Å². The molecular weight excluding hydrogens is 146 g/mol. The molecule has 1 fully saturated rings. The molecule has 0 amide bonds. The average molecular weight is 154 g/mol. The van der Waals surface area contributed by atoms with Crippen LogP contribution in [0.3, 0.4) is 0 Å². The Bertz CT molecular complexity index is 226. The minimum Gasteiger partial charge on any atom is -0.307 e. The molecule has 0 aliphatic carbocycles. The van der Waals surface area contributed by atoms with Crippen molar-refractivity contribution < 1.29 is 0 Å². The van der Waals surface area contributed by atoms with Gasteiger partial charge in [0.05, 0.1) is 0 Å². The molecule has 0 radical (unpaired) electrons. The van der Waals surface area contributed by atoms with E-state index in [2.05, 4.69) is 17.4 Å². The van der Waals surface area contributed by atoms with Gasteiger partial charge in [0.2, 0.25) is 0 Å². The molecule has 2 heteroatoms. The van der Waals surface area contributed by atoms with Crippen LogP contribution in [0.1, 0.15) is 11.6 Å². The number of hydrogen-bond acceptors (Lipinski definition) is 1. The highest BCUT2D eigenvalue weighted by atomic mass is 35.5. The van der Waals surface area contributed by atoms with Crippen molar-refractivity contribution in [3.8, 4) is 0 Å². The number of nitrogens with one attached hydrogen (secondary N) is 1. The summed E-state index contributed by atoms with van der Waals surface area (Å²) >= 11 is 5.72. The summed E-state index contributed by atoms with van der Waals surface area (Å²) in [5.74, 6) is 0. The largest absolute Gasteiger partial charge is 0.307 e. The Morgan fingerprint density at radius 3 is 2.40 bits per heavy atom. The fourth-order valence-corrected chi connectivity index (χ4v) is 1.12. The SMILES string of the molecule is Clc1ccc([C@@H]2CN2)cc1. The summed E-state index contributed by atoms with van der Waals surface area (Å²) in [4.78, 5) is 0. The second-order valence-corrected chi connectivity index (χ2v) is 2.95. The van der Waals surface area contributed by atoms with E-state index in [1.54, 1.807) is 0 Å². The summed E-state index contributed by atoms with van der Waals surface area (Å²) in [6.45, 7) is 1.11. The first kappa shape index (κ1) is 6.20. The minimum absolute atomic E-state index is 0.595. The zero-order valence-corrected chi connectivity index (χ0v) is 6.23. The van der Waals surface area contributed by atoms with Crippen molar-refractivity contribution in [2.24, 2.45) is 0 Å². The highest BCUT2D eigenvalue weighted by Crippen LogP contribution is 2.22. The second kappa shape index (κ2) is 2.26. The number of halogens is 1. The van der Waals surface area contributed by atoms with Crippen LogP contribution in [-0.4, -0.2) is 6.54 Å². The second-order valence-electron chi connectivity index (χ2n) is 2.51. The quantitative estimate of drug-likeness (QED) is 0.613. The van der Waals surface area contributed by atoms with Crippen molar-refractivity contribution in [2.75, 3.05) is 6.54 Å². The number of hydrogen-bond donors (Lipinski definition) is 1. The molecule has 1 heterocycles. The third kappa shape index (κ3) is 1.15. The summed E-state index contributed by atoms with van der Waals surface area (Å²) in [5, 5.41) is 4.04. The molecule has 1 aliphatic heterocycles. The summed E-state index contributed by atoms with van der Waals surface area (Å²) < 4.78 is 0. The normalized spacial score (nSPS) is 22.7. The Labute approximate surface area is 65.0 Å². The predicted molar refractivity (Wildman–Crippen MR) is 42.2 cm³/mol. The molecule has 0 saturated carbocycles. The van der Waals surface area contributed by atoms with Crippen LogP contribution in [0.25, 0.3) is 0 Å². The van der Waals surface area contributed by atoms with Gasteiger partial charge in [0.25, 0.3) is 0 Å². The van der Waals surface area contributed by atoms with Crippen LogP contribution in [0.5, 0.6) is 0 Å². The molecule has 1 aromatic carbocycles. The van der Waals surface area contributed by atoms with E-state index in [1.807, 2.05) is 12.1 Å². The molecule has 52 valence electrons. The molecule has 2 rings (SSSR count). The van der Waals surface area contributed by atoms with Crippen LogP contribution in [-0.2, 0) is 0 Å². The zero-order valence-electron chi connectivity index (χ0n) is 5.47. The molecule has 1 N–H and O–H groups in total. The first-order valence-corrected chi connectivity index (χ1v) is 3.73. The van der Waals surface area contributed by atoms with Crippen LogP contribution in [0.2, 0.25) is 5.02 Å². The van der Waals surface area contributed by atoms with Gasteiger partial charge in [0.15, 0.2) is 0 Å².